The molecule has 2 saturated heterocycles. The first-order chi connectivity index (χ1) is 7.02. The molecule has 0 aromatic rings. The molecule has 1 unspecified atom stereocenters. The van der Waals surface area contributed by atoms with Crippen LogP contribution in [0.5, 0.6) is 0 Å². The highest BCUT2D eigenvalue weighted by molar-refractivity contribution is 6.01. The van der Waals surface area contributed by atoms with E-state index in [2.05, 4.69) is 5.32 Å². The van der Waals surface area contributed by atoms with Crippen LogP contribution in [0.15, 0.2) is 0 Å². The highest BCUT2D eigenvalue weighted by Crippen LogP contribution is 2.49. The average molecular weight is 213 g/mol. The fourth-order valence-corrected chi connectivity index (χ4v) is 2.57. The number of aliphatic hydroxyl groups is 1. The lowest BCUT2D eigenvalue weighted by Gasteiger charge is -2.50. The van der Waals surface area contributed by atoms with Crippen LogP contribution in [0.3, 0.4) is 0 Å². The van der Waals surface area contributed by atoms with Crippen molar-refractivity contribution in [2.45, 2.75) is 37.8 Å². The number of carbonyl (C=O) groups is 2. The van der Waals surface area contributed by atoms with Gasteiger partial charge in [-0.05, 0) is 13.3 Å². The topological polar surface area (TPSA) is 75.6 Å². The predicted molar refractivity (Wildman–Crippen MR) is 50.9 cm³/mol. The van der Waals surface area contributed by atoms with Gasteiger partial charge in [0.05, 0.1) is 12.5 Å². The minimum atomic E-state index is -1.19. The zero-order valence-electron chi connectivity index (χ0n) is 8.87. The zero-order valence-corrected chi connectivity index (χ0v) is 8.87. The van der Waals surface area contributed by atoms with Crippen molar-refractivity contribution in [1.29, 1.82) is 0 Å². The highest BCUT2D eigenvalue weighted by Gasteiger charge is 2.75. The minimum absolute atomic E-state index is 0.195. The second-order valence-electron chi connectivity index (χ2n) is 4.39. The summed E-state index contributed by atoms with van der Waals surface area (Å²) in [6.07, 6.45) is 1.50. The lowest BCUT2D eigenvalue weighted by Crippen LogP contribution is -2.76. The highest BCUT2D eigenvalue weighted by atomic mass is 16.6. The van der Waals surface area contributed by atoms with E-state index < -0.39 is 23.7 Å². The number of nitrogens with one attached hydrogen (secondary N) is 1. The smallest absolute Gasteiger partial charge is 0.339 e. The molecule has 2 fully saturated rings. The molecule has 3 atom stereocenters. The molecular formula is C10H15NO4. The van der Waals surface area contributed by atoms with E-state index in [4.69, 9.17) is 4.74 Å². The largest absolute Gasteiger partial charge is 0.453 e. The van der Waals surface area contributed by atoms with Crippen LogP contribution in [0.4, 0.5) is 0 Å². The average Bonchev–Trinajstić information content (AvgIpc) is 2.36. The van der Waals surface area contributed by atoms with Gasteiger partial charge >= 0.3 is 5.97 Å². The van der Waals surface area contributed by atoms with Crippen molar-refractivity contribution < 1.29 is 19.4 Å². The predicted octanol–water partition coefficient (Wildman–Crippen LogP) is -0.421. The summed E-state index contributed by atoms with van der Waals surface area (Å²) in [5.41, 5.74) is -2.06. The number of esters is 1. The number of hydrogen-bond acceptors (Lipinski definition) is 4. The number of carbonyl (C=O) groups excluding carboxylic acids is 2. The Morgan fingerprint density at radius 1 is 1.53 bits per heavy atom. The molecule has 2 N–H and O–H groups in total. The summed E-state index contributed by atoms with van der Waals surface area (Å²) in [7, 11) is 0. The maximum absolute atomic E-state index is 11.7. The van der Waals surface area contributed by atoms with E-state index in [-0.39, 0.29) is 11.8 Å². The molecule has 0 spiro atoms. The summed E-state index contributed by atoms with van der Waals surface area (Å²) in [6, 6.07) is 0. The van der Waals surface area contributed by atoms with E-state index in [1.807, 2.05) is 6.92 Å². The van der Waals surface area contributed by atoms with Gasteiger partial charge in [0.15, 0.2) is 5.60 Å². The molecule has 2 rings (SSSR count). The Balaban J connectivity index is 2.34. The standard InChI is InChI=1S/C10H15NO4/c1-3-4-6-7(13)11-10(5-12)8(14)15-9(6,10)2/h6,12H,3-5H2,1-2H3,(H,11,13)/t6-,9-,10?/m0/s1. The maximum atomic E-state index is 11.7. The van der Waals surface area contributed by atoms with Gasteiger partial charge in [0.2, 0.25) is 11.4 Å². The summed E-state index contributed by atoms with van der Waals surface area (Å²) in [5, 5.41) is 11.8. The van der Waals surface area contributed by atoms with E-state index in [0.717, 1.165) is 6.42 Å². The van der Waals surface area contributed by atoms with Crippen LogP contribution in [0.1, 0.15) is 26.7 Å². The molecule has 2 heterocycles. The summed E-state index contributed by atoms with van der Waals surface area (Å²) in [4.78, 5) is 23.1. The summed E-state index contributed by atoms with van der Waals surface area (Å²) in [5.74, 6) is -1.06. The van der Waals surface area contributed by atoms with E-state index in [1.165, 1.54) is 0 Å². The molecular weight excluding hydrogens is 198 g/mol. The Morgan fingerprint density at radius 2 is 2.20 bits per heavy atom. The third kappa shape index (κ3) is 0.963. The molecule has 0 radical (unpaired) electrons. The van der Waals surface area contributed by atoms with Crippen molar-refractivity contribution in [3.63, 3.8) is 0 Å². The van der Waals surface area contributed by atoms with Gasteiger partial charge in [0, 0.05) is 0 Å². The van der Waals surface area contributed by atoms with Crippen LogP contribution < -0.4 is 5.32 Å². The molecule has 1 amide bonds. The molecule has 0 aromatic heterocycles. The van der Waals surface area contributed by atoms with Gasteiger partial charge in [0.1, 0.15) is 0 Å². The van der Waals surface area contributed by atoms with Gasteiger partial charge in [-0.2, -0.15) is 0 Å². The Labute approximate surface area is 87.8 Å². The molecule has 0 aliphatic carbocycles. The third-order valence-corrected chi connectivity index (χ3v) is 3.63. The van der Waals surface area contributed by atoms with E-state index in [1.54, 1.807) is 6.92 Å². The number of hydrogen-bond donors (Lipinski definition) is 2. The van der Waals surface area contributed by atoms with Gasteiger partial charge in [-0.1, -0.05) is 13.3 Å². The van der Waals surface area contributed by atoms with Crippen molar-refractivity contribution in [2.24, 2.45) is 5.92 Å². The second-order valence-corrected chi connectivity index (χ2v) is 4.39. The maximum Gasteiger partial charge on any atom is 0.339 e. The Kier molecular flexibility index (Phi) is 2.05. The summed E-state index contributed by atoms with van der Waals surface area (Å²) < 4.78 is 5.10. The van der Waals surface area contributed by atoms with Crippen molar-refractivity contribution >= 4 is 11.9 Å². The Bertz CT molecular complexity index is 329. The molecule has 5 heteroatoms. The Morgan fingerprint density at radius 3 is 2.60 bits per heavy atom. The molecule has 15 heavy (non-hydrogen) atoms. The van der Waals surface area contributed by atoms with Gasteiger partial charge in [-0.25, -0.2) is 4.79 Å². The molecule has 2 aliphatic rings. The zero-order chi connectivity index (χ0) is 11.3. The summed E-state index contributed by atoms with van der Waals surface area (Å²) in [6.45, 7) is 3.28. The molecule has 0 saturated carbocycles. The minimum Gasteiger partial charge on any atom is -0.453 e. The summed E-state index contributed by atoms with van der Waals surface area (Å²) >= 11 is 0. The monoisotopic (exact) mass is 213 g/mol. The van der Waals surface area contributed by atoms with Crippen LogP contribution in [0.2, 0.25) is 0 Å². The molecule has 2 aliphatic heterocycles. The van der Waals surface area contributed by atoms with Crippen LogP contribution >= 0.6 is 0 Å². The fourth-order valence-electron chi connectivity index (χ4n) is 2.57. The second kappa shape index (κ2) is 2.95. The molecule has 0 bridgehead atoms. The third-order valence-electron chi connectivity index (χ3n) is 3.63. The van der Waals surface area contributed by atoms with Crippen LogP contribution in [-0.2, 0) is 14.3 Å². The van der Waals surface area contributed by atoms with Gasteiger partial charge in [-0.15, -0.1) is 0 Å². The van der Waals surface area contributed by atoms with Gasteiger partial charge in [-0.3, -0.25) is 4.79 Å². The van der Waals surface area contributed by atoms with Crippen molar-refractivity contribution in [3.05, 3.63) is 0 Å². The van der Waals surface area contributed by atoms with Crippen molar-refractivity contribution in [1.82, 2.24) is 5.32 Å². The van der Waals surface area contributed by atoms with E-state index in [9.17, 15) is 14.7 Å². The first-order valence-electron chi connectivity index (χ1n) is 5.18. The van der Waals surface area contributed by atoms with Crippen LogP contribution in [0, 0.1) is 5.92 Å². The number of amides is 1. The van der Waals surface area contributed by atoms with Crippen molar-refractivity contribution in [2.75, 3.05) is 6.61 Å². The molecule has 0 aromatic carbocycles. The van der Waals surface area contributed by atoms with E-state index >= 15 is 0 Å². The quantitative estimate of drug-likeness (QED) is 0.624. The lowest BCUT2D eigenvalue weighted by atomic mass is 9.71. The fraction of sp³-hybridized carbons (Fsp3) is 0.800. The van der Waals surface area contributed by atoms with Gasteiger partial charge < -0.3 is 15.2 Å². The Hall–Kier alpha value is -1.10. The number of aliphatic hydroxyl groups excluding tert-OH is 1. The van der Waals surface area contributed by atoms with E-state index in [0.29, 0.717) is 6.42 Å². The number of rotatable bonds is 3. The first-order valence-corrected chi connectivity index (χ1v) is 5.18. The van der Waals surface area contributed by atoms with Crippen LogP contribution in [-0.4, -0.2) is 34.7 Å². The first kappa shape index (κ1) is 10.4. The number of ether oxygens (including phenoxy) is 1. The lowest BCUT2D eigenvalue weighted by molar-refractivity contribution is -0.225. The van der Waals surface area contributed by atoms with Crippen LogP contribution in [0.25, 0.3) is 0 Å². The SMILES string of the molecule is CCC[C@H]1C(=O)NC2(CO)C(=O)O[C@@]12C. The van der Waals surface area contributed by atoms with Gasteiger partial charge in [0.25, 0.3) is 0 Å². The molecule has 84 valence electrons. The normalized spacial score (nSPS) is 43.0. The number of fused-ring (bicyclic) bond motifs is 1. The molecule has 5 nitrogen and oxygen atoms in total. The van der Waals surface area contributed by atoms with Crippen molar-refractivity contribution in [3.8, 4) is 0 Å².